The largest absolute Gasteiger partial charge is 0.505 e. The Hall–Kier alpha value is -1.78. The molecule has 0 atom stereocenters. The fraction of sp³-hybridized carbons (Fsp3) is 0. The van der Waals surface area contributed by atoms with Crippen molar-refractivity contribution in [1.82, 2.24) is 14.4 Å². The lowest BCUT2D eigenvalue weighted by Gasteiger charge is -1.93. The molecular formula is C6H5N3O2. The molecule has 0 saturated carbocycles. The molecule has 56 valence electrons. The van der Waals surface area contributed by atoms with E-state index in [0.717, 1.165) is 0 Å². The zero-order valence-corrected chi connectivity index (χ0v) is 5.47. The van der Waals surface area contributed by atoms with Crippen LogP contribution in [-0.4, -0.2) is 24.6 Å². The van der Waals surface area contributed by atoms with Gasteiger partial charge < -0.3 is 10.2 Å². The van der Waals surface area contributed by atoms with Crippen molar-refractivity contribution < 1.29 is 10.2 Å². The maximum absolute atomic E-state index is 9.09. The van der Waals surface area contributed by atoms with Gasteiger partial charge in [0.05, 0.1) is 18.6 Å². The average molecular weight is 151 g/mol. The molecule has 2 aromatic rings. The van der Waals surface area contributed by atoms with Gasteiger partial charge >= 0.3 is 0 Å². The van der Waals surface area contributed by atoms with Crippen LogP contribution >= 0.6 is 0 Å². The topological polar surface area (TPSA) is 70.7 Å². The molecule has 0 bridgehead atoms. The van der Waals surface area contributed by atoms with Crippen LogP contribution in [0, 0.1) is 0 Å². The Kier molecular flexibility index (Phi) is 1.00. The molecule has 2 aromatic heterocycles. The van der Waals surface area contributed by atoms with Crippen molar-refractivity contribution in [2.24, 2.45) is 0 Å². The Morgan fingerprint density at radius 1 is 1.18 bits per heavy atom. The maximum atomic E-state index is 9.09. The summed E-state index contributed by atoms with van der Waals surface area (Å²) in [6.07, 6.45) is 3.87. The summed E-state index contributed by atoms with van der Waals surface area (Å²) in [5.74, 6) is 0.314. The van der Waals surface area contributed by atoms with Crippen molar-refractivity contribution in [2.45, 2.75) is 0 Å². The van der Waals surface area contributed by atoms with Gasteiger partial charge in [-0.25, -0.2) is 9.97 Å². The van der Waals surface area contributed by atoms with Gasteiger partial charge in [-0.2, -0.15) is 0 Å². The zero-order chi connectivity index (χ0) is 7.84. The van der Waals surface area contributed by atoms with Crippen LogP contribution in [0.25, 0.3) is 5.78 Å². The lowest BCUT2D eigenvalue weighted by Crippen LogP contribution is -1.85. The van der Waals surface area contributed by atoms with E-state index in [1.807, 2.05) is 0 Å². The molecule has 0 saturated heterocycles. The molecule has 5 heteroatoms. The van der Waals surface area contributed by atoms with Crippen LogP contribution in [0.1, 0.15) is 0 Å². The number of nitrogens with zero attached hydrogens (tertiary/aromatic N) is 3. The van der Waals surface area contributed by atoms with Gasteiger partial charge in [-0.1, -0.05) is 0 Å². The molecule has 2 heterocycles. The van der Waals surface area contributed by atoms with E-state index in [2.05, 4.69) is 9.97 Å². The summed E-state index contributed by atoms with van der Waals surface area (Å²) in [7, 11) is 0. The predicted molar refractivity (Wildman–Crippen MR) is 36.3 cm³/mol. The first kappa shape index (κ1) is 5.96. The van der Waals surface area contributed by atoms with Gasteiger partial charge in [0, 0.05) is 0 Å². The third-order valence-electron chi connectivity index (χ3n) is 1.33. The summed E-state index contributed by atoms with van der Waals surface area (Å²) in [5.41, 5.74) is 0. The summed E-state index contributed by atoms with van der Waals surface area (Å²) >= 11 is 0. The Balaban J connectivity index is 2.87. The van der Waals surface area contributed by atoms with Crippen molar-refractivity contribution >= 4 is 5.78 Å². The smallest absolute Gasteiger partial charge is 0.236 e. The first-order valence-electron chi connectivity index (χ1n) is 2.98. The van der Waals surface area contributed by atoms with Crippen molar-refractivity contribution in [3.8, 4) is 11.6 Å². The van der Waals surface area contributed by atoms with Gasteiger partial charge in [0.25, 0.3) is 0 Å². The van der Waals surface area contributed by atoms with Crippen LogP contribution in [0.4, 0.5) is 0 Å². The van der Waals surface area contributed by atoms with E-state index >= 15 is 0 Å². The second-order valence-corrected chi connectivity index (χ2v) is 2.10. The van der Waals surface area contributed by atoms with Gasteiger partial charge in [-0.15, -0.1) is 0 Å². The SMILES string of the molecule is Oc1cnc2ncc(O)n2c1. The van der Waals surface area contributed by atoms with Crippen LogP contribution in [0.15, 0.2) is 18.6 Å². The number of imidazole rings is 1. The fourth-order valence-electron chi connectivity index (χ4n) is 0.851. The minimum atomic E-state index is -0.0385. The number of aromatic nitrogens is 3. The molecule has 5 nitrogen and oxygen atoms in total. The van der Waals surface area contributed by atoms with E-state index < -0.39 is 0 Å². The Labute approximate surface area is 61.6 Å². The number of hydrogen-bond donors (Lipinski definition) is 2. The Bertz CT molecular complexity index is 396. The summed E-state index contributed by atoms with van der Waals surface area (Å²) in [6.45, 7) is 0. The van der Waals surface area contributed by atoms with Crippen molar-refractivity contribution in [3.63, 3.8) is 0 Å². The number of aromatic hydroxyl groups is 2. The van der Waals surface area contributed by atoms with Crippen LogP contribution in [0.2, 0.25) is 0 Å². The second kappa shape index (κ2) is 1.85. The van der Waals surface area contributed by atoms with Gasteiger partial charge in [0.1, 0.15) is 0 Å². The minimum absolute atomic E-state index is 0.00852. The number of hydrogen-bond acceptors (Lipinski definition) is 4. The molecule has 0 spiro atoms. The van der Waals surface area contributed by atoms with Crippen LogP contribution in [-0.2, 0) is 0 Å². The summed E-state index contributed by atoms with van der Waals surface area (Å²) in [6, 6.07) is 0. The first-order valence-corrected chi connectivity index (χ1v) is 2.98. The first-order chi connectivity index (χ1) is 5.27. The van der Waals surface area contributed by atoms with E-state index in [1.54, 1.807) is 0 Å². The van der Waals surface area contributed by atoms with Crippen LogP contribution in [0.3, 0.4) is 0 Å². The summed E-state index contributed by atoms with van der Waals surface area (Å²) < 4.78 is 1.29. The van der Waals surface area contributed by atoms with Gasteiger partial charge in [-0.05, 0) is 0 Å². The molecule has 0 aliphatic rings. The number of fused-ring (bicyclic) bond motifs is 1. The average Bonchev–Trinajstić information content (AvgIpc) is 2.33. The molecule has 0 aliphatic heterocycles. The van der Waals surface area contributed by atoms with E-state index in [1.165, 1.54) is 23.0 Å². The molecule has 2 rings (SSSR count). The van der Waals surface area contributed by atoms with E-state index in [9.17, 15) is 0 Å². The maximum Gasteiger partial charge on any atom is 0.236 e. The van der Waals surface area contributed by atoms with Crippen molar-refractivity contribution in [1.29, 1.82) is 0 Å². The molecule has 2 N–H and O–H groups in total. The fourth-order valence-corrected chi connectivity index (χ4v) is 0.851. The van der Waals surface area contributed by atoms with Crippen LogP contribution in [0.5, 0.6) is 11.6 Å². The standard InChI is InChI=1S/C6H5N3O2/c10-4-1-7-6-8-2-5(11)9(6)3-4/h1-3,10-11H. The molecule has 0 unspecified atom stereocenters. The summed E-state index contributed by atoms with van der Waals surface area (Å²) in [4.78, 5) is 7.49. The van der Waals surface area contributed by atoms with Crippen LogP contribution < -0.4 is 0 Å². The quantitative estimate of drug-likeness (QED) is 0.561. The summed E-state index contributed by atoms with van der Waals surface area (Å²) in [5, 5.41) is 18.0. The predicted octanol–water partition coefficient (Wildman–Crippen LogP) is 0.140. The third-order valence-corrected chi connectivity index (χ3v) is 1.33. The highest BCUT2D eigenvalue weighted by Crippen LogP contribution is 2.13. The molecule has 0 radical (unpaired) electrons. The Morgan fingerprint density at radius 2 is 1.91 bits per heavy atom. The normalized spacial score (nSPS) is 10.5. The minimum Gasteiger partial charge on any atom is -0.505 e. The lowest BCUT2D eigenvalue weighted by molar-refractivity contribution is 0.438. The highest BCUT2D eigenvalue weighted by molar-refractivity contribution is 5.35. The van der Waals surface area contributed by atoms with E-state index in [4.69, 9.17) is 10.2 Å². The lowest BCUT2D eigenvalue weighted by atomic mass is 10.6. The highest BCUT2D eigenvalue weighted by Gasteiger charge is 2.01. The second-order valence-electron chi connectivity index (χ2n) is 2.10. The molecule has 0 amide bonds. The monoisotopic (exact) mass is 151 g/mol. The molecular weight excluding hydrogens is 146 g/mol. The van der Waals surface area contributed by atoms with E-state index in [0.29, 0.717) is 5.78 Å². The third kappa shape index (κ3) is 0.778. The highest BCUT2D eigenvalue weighted by atomic mass is 16.3. The molecule has 0 fully saturated rings. The molecule has 0 aliphatic carbocycles. The molecule has 0 aromatic carbocycles. The van der Waals surface area contributed by atoms with E-state index in [-0.39, 0.29) is 11.6 Å². The number of rotatable bonds is 0. The zero-order valence-electron chi connectivity index (χ0n) is 5.47. The van der Waals surface area contributed by atoms with Gasteiger partial charge in [0.2, 0.25) is 11.7 Å². The van der Waals surface area contributed by atoms with Gasteiger partial charge in [-0.3, -0.25) is 4.40 Å². The van der Waals surface area contributed by atoms with Crippen molar-refractivity contribution in [3.05, 3.63) is 18.6 Å². The van der Waals surface area contributed by atoms with Crippen molar-refractivity contribution in [2.75, 3.05) is 0 Å². The molecule has 11 heavy (non-hydrogen) atoms. The Morgan fingerprint density at radius 3 is 2.73 bits per heavy atom. The van der Waals surface area contributed by atoms with Gasteiger partial charge in [0.15, 0.2) is 5.75 Å².